The molecule has 0 aliphatic rings. The van der Waals surface area contributed by atoms with Gasteiger partial charge in [-0.15, -0.1) is 10.2 Å². The van der Waals surface area contributed by atoms with Gasteiger partial charge in [-0.25, -0.2) is 13.2 Å². The fourth-order valence-corrected chi connectivity index (χ4v) is 2.03. The lowest BCUT2D eigenvalue weighted by Crippen LogP contribution is -1.99. The summed E-state index contributed by atoms with van der Waals surface area (Å²) in [5.74, 6) is -3.85. The van der Waals surface area contributed by atoms with Crippen LogP contribution in [0.4, 0.5) is 19.0 Å². The number of hydrogen-bond donors (Lipinski definition) is 1. The van der Waals surface area contributed by atoms with Crippen molar-refractivity contribution in [2.75, 3.05) is 5.73 Å². The molecule has 0 aliphatic carbocycles. The number of aromatic nitrogens is 2. The molecule has 2 aromatic carbocycles. The van der Waals surface area contributed by atoms with Crippen LogP contribution in [0.1, 0.15) is 0 Å². The van der Waals surface area contributed by atoms with E-state index in [4.69, 9.17) is 5.73 Å². The topological polar surface area (TPSA) is 51.8 Å². The van der Waals surface area contributed by atoms with E-state index in [-0.39, 0.29) is 17.1 Å². The van der Waals surface area contributed by atoms with Gasteiger partial charge in [0, 0.05) is 16.3 Å². The molecule has 0 radical (unpaired) electrons. The Morgan fingerprint density at radius 2 is 1.45 bits per heavy atom. The molecule has 0 spiro atoms. The molecule has 0 fully saturated rings. The molecule has 6 heteroatoms. The van der Waals surface area contributed by atoms with Gasteiger partial charge in [-0.3, -0.25) is 0 Å². The van der Waals surface area contributed by atoms with Crippen LogP contribution in [-0.2, 0) is 0 Å². The normalized spacial score (nSPS) is 10.9. The minimum absolute atomic E-state index is 0.102. The van der Waals surface area contributed by atoms with E-state index in [1.54, 1.807) is 24.3 Å². The first-order valence-electron chi connectivity index (χ1n) is 5.73. The molecular formula is C14H8F3N3. The fourth-order valence-electron chi connectivity index (χ4n) is 2.03. The highest BCUT2D eigenvalue weighted by Crippen LogP contribution is 2.30. The van der Waals surface area contributed by atoms with Gasteiger partial charge >= 0.3 is 0 Å². The van der Waals surface area contributed by atoms with Crippen LogP contribution >= 0.6 is 0 Å². The van der Waals surface area contributed by atoms with Crippen molar-refractivity contribution in [3.05, 3.63) is 53.8 Å². The summed E-state index contributed by atoms with van der Waals surface area (Å²) < 4.78 is 39.6. The Morgan fingerprint density at radius 3 is 2.10 bits per heavy atom. The Balaban J connectivity index is 2.33. The van der Waals surface area contributed by atoms with Gasteiger partial charge < -0.3 is 5.73 Å². The van der Waals surface area contributed by atoms with E-state index in [1.807, 2.05) is 0 Å². The van der Waals surface area contributed by atoms with E-state index in [9.17, 15) is 13.2 Å². The van der Waals surface area contributed by atoms with Gasteiger partial charge in [0.15, 0.2) is 23.3 Å². The zero-order valence-electron chi connectivity index (χ0n) is 10.1. The molecule has 0 bridgehead atoms. The first-order chi connectivity index (χ1) is 9.58. The van der Waals surface area contributed by atoms with Crippen LogP contribution in [0.15, 0.2) is 36.4 Å². The van der Waals surface area contributed by atoms with E-state index in [2.05, 4.69) is 10.2 Å². The number of hydrogen-bond acceptors (Lipinski definition) is 3. The summed E-state index contributed by atoms with van der Waals surface area (Å²) in [6, 6.07) is 8.68. The van der Waals surface area contributed by atoms with Crippen LogP contribution in [-0.4, -0.2) is 10.2 Å². The maximum atomic E-state index is 13.3. The number of anilines is 1. The molecule has 0 unspecified atom stereocenters. The van der Waals surface area contributed by atoms with Crippen LogP contribution in [0.2, 0.25) is 0 Å². The molecule has 20 heavy (non-hydrogen) atoms. The Morgan fingerprint density at radius 1 is 0.850 bits per heavy atom. The molecule has 0 saturated heterocycles. The zero-order chi connectivity index (χ0) is 14.3. The van der Waals surface area contributed by atoms with Gasteiger partial charge in [0.25, 0.3) is 0 Å². The number of nitrogens with two attached hydrogens (primary N) is 1. The van der Waals surface area contributed by atoms with Crippen LogP contribution in [0.3, 0.4) is 0 Å². The van der Waals surface area contributed by atoms with Crippen molar-refractivity contribution in [3.63, 3.8) is 0 Å². The maximum absolute atomic E-state index is 13.3. The van der Waals surface area contributed by atoms with Crippen molar-refractivity contribution in [2.45, 2.75) is 0 Å². The van der Waals surface area contributed by atoms with Gasteiger partial charge in [0.05, 0.1) is 0 Å². The number of nitrogen functional groups attached to an aromatic ring is 1. The predicted molar refractivity (Wildman–Crippen MR) is 69.3 cm³/mol. The fraction of sp³-hybridized carbons (Fsp3) is 0. The summed E-state index contributed by atoms with van der Waals surface area (Å²) in [5, 5.41) is 8.81. The van der Waals surface area contributed by atoms with Gasteiger partial charge in [0.2, 0.25) is 0 Å². The molecule has 1 aromatic heterocycles. The second-order valence-corrected chi connectivity index (χ2v) is 4.23. The van der Waals surface area contributed by atoms with Crippen LogP contribution in [0.25, 0.3) is 22.0 Å². The molecule has 1 heterocycles. The van der Waals surface area contributed by atoms with E-state index >= 15 is 0 Å². The maximum Gasteiger partial charge on any atom is 0.194 e. The van der Waals surface area contributed by atoms with Crippen molar-refractivity contribution in [1.82, 2.24) is 10.2 Å². The van der Waals surface area contributed by atoms with Gasteiger partial charge in [-0.2, -0.15) is 0 Å². The second kappa shape index (κ2) is 4.48. The van der Waals surface area contributed by atoms with Gasteiger partial charge in [-0.1, -0.05) is 24.3 Å². The molecule has 0 amide bonds. The standard InChI is InChI=1S/C14H8F3N3/c15-10-5-7(6-11(16)12(10)17)13-8-3-1-2-4-9(8)14(18)20-19-13/h1-6H,(H2,18,20). The van der Waals surface area contributed by atoms with Crippen molar-refractivity contribution < 1.29 is 13.2 Å². The molecule has 3 aromatic rings. The van der Waals surface area contributed by atoms with Crippen LogP contribution < -0.4 is 5.73 Å². The average molecular weight is 275 g/mol. The largest absolute Gasteiger partial charge is 0.382 e. The third-order valence-electron chi connectivity index (χ3n) is 2.97. The second-order valence-electron chi connectivity index (χ2n) is 4.23. The molecule has 0 atom stereocenters. The minimum Gasteiger partial charge on any atom is -0.382 e. The average Bonchev–Trinajstić information content (AvgIpc) is 2.45. The third kappa shape index (κ3) is 1.85. The quantitative estimate of drug-likeness (QED) is 0.693. The smallest absolute Gasteiger partial charge is 0.194 e. The SMILES string of the molecule is Nc1nnc(-c2cc(F)c(F)c(F)c2)c2ccccc12. The Kier molecular flexibility index (Phi) is 2.78. The molecular weight excluding hydrogens is 267 g/mol. The lowest BCUT2D eigenvalue weighted by atomic mass is 10.0. The van der Waals surface area contributed by atoms with Gasteiger partial charge in [0.1, 0.15) is 5.69 Å². The lowest BCUT2D eigenvalue weighted by molar-refractivity contribution is 0.447. The number of nitrogens with zero attached hydrogens (tertiary/aromatic N) is 2. The van der Waals surface area contributed by atoms with Crippen molar-refractivity contribution >= 4 is 16.6 Å². The molecule has 3 rings (SSSR count). The Hall–Kier alpha value is -2.63. The van der Waals surface area contributed by atoms with Crippen molar-refractivity contribution in [2.24, 2.45) is 0 Å². The summed E-state index contributed by atoms with van der Waals surface area (Å²) in [6.07, 6.45) is 0. The van der Waals surface area contributed by atoms with Crippen molar-refractivity contribution in [3.8, 4) is 11.3 Å². The first kappa shape index (κ1) is 12.4. The molecule has 0 saturated carbocycles. The Bertz CT molecular complexity index is 795. The summed E-state index contributed by atoms with van der Waals surface area (Å²) in [5.41, 5.74) is 6.05. The van der Waals surface area contributed by atoms with E-state index < -0.39 is 17.5 Å². The highest BCUT2D eigenvalue weighted by Gasteiger charge is 2.15. The lowest BCUT2D eigenvalue weighted by Gasteiger charge is -2.07. The van der Waals surface area contributed by atoms with Crippen LogP contribution in [0.5, 0.6) is 0 Å². The van der Waals surface area contributed by atoms with E-state index in [0.29, 0.717) is 10.8 Å². The summed E-state index contributed by atoms with van der Waals surface area (Å²) in [7, 11) is 0. The number of benzene rings is 2. The third-order valence-corrected chi connectivity index (χ3v) is 2.97. The van der Waals surface area contributed by atoms with E-state index in [0.717, 1.165) is 12.1 Å². The number of fused-ring (bicyclic) bond motifs is 1. The van der Waals surface area contributed by atoms with Crippen molar-refractivity contribution in [1.29, 1.82) is 0 Å². The van der Waals surface area contributed by atoms with E-state index in [1.165, 1.54) is 0 Å². The molecule has 0 aliphatic heterocycles. The molecule has 3 nitrogen and oxygen atoms in total. The Labute approximate surface area is 111 Å². The predicted octanol–water partition coefficient (Wildman–Crippen LogP) is 3.30. The molecule has 100 valence electrons. The summed E-state index contributed by atoms with van der Waals surface area (Å²) >= 11 is 0. The highest BCUT2D eigenvalue weighted by atomic mass is 19.2. The minimum atomic E-state index is -1.51. The summed E-state index contributed by atoms with van der Waals surface area (Å²) in [4.78, 5) is 0. The first-order valence-corrected chi connectivity index (χ1v) is 5.73. The highest BCUT2D eigenvalue weighted by molar-refractivity contribution is 5.99. The number of halogens is 3. The zero-order valence-corrected chi connectivity index (χ0v) is 10.1. The van der Waals surface area contributed by atoms with Gasteiger partial charge in [-0.05, 0) is 12.1 Å². The molecule has 2 N–H and O–H groups in total. The summed E-state index contributed by atoms with van der Waals surface area (Å²) in [6.45, 7) is 0. The monoisotopic (exact) mass is 275 g/mol. The van der Waals surface area contributed by atoms with Crippen LogP contribution in [0, 0.1) is 17.5 Å². The number of rotatable bonds is 1.